The molecule has 196 valence electrons. The van der Waals surface area contributed by atoms with Gasteiger partial charge in [0.25, 0.3) is 11.8 Å². The molecular formula is C28H26BrClN4O4. The number of ether oxygens (including phenoxy) is 2. The van der Waals surface area contributed by atoms with E-state index in [0.29, 0.717) is 32.1 Å². The summed E-state index contributed by atoms with van der Waals surface area (Å²) in [7, 11) is 1.51. The number of rotatable bonds is 10. The fourth-order valence-electron chi connectivity index (χ4n) is 3.50. The maximum atomic E-state index is 12.8. The highest BCUT2D eigenvalue weighted by molar-refractivity contribution is 9.10. The summed E-state index contributed by atoms with van der Waals surface area (Å²) in [4.78, 5) is 25.4. The summed E-state index contributed by atoms with van der Waals surface area (Å²) in [6.07, 6.45) is 1.45. The predicted octanol–water partition coefficient (Wildman–Crippen LogP) is 5.47. The number of nitrogens with zero attached hydrogens (tertiary/aromatic N) is 2. The number of hydrazone groups is 1. The first-order chi connectivity index (χ1) is 18.2. The van der Waals surface area contributed by atoms with E-state index >= 15 is 0 Å². The minimum Gasteiger partial charge on any atom is -0.493 e. The summed E-state index contributed by atoms with van der Waals surface area (Å²) >= 11 is 9.59. The van der Waals surface area contributed by atoms with E-state index in [1.807, 2.05) is 26.0 Å². The van der Waals surface area contributed by atoms with E-state index in [9.17, 15) is 14.9 Å². The van der Waals surface area contributed by atoms with E-state index in [1.165, 1.54) is 13.3 Å². The Balaban J connectivity index is 1.68. The average Bonchev–Trinajstić information content (AvgIpc) is 2.90. The van der Waals surface area contributed by atoms with Crippen LogP contribution in [0.2, 0.25) is 5.02 Å². The van der Waals surface area contributed by atoms with E-state index in [2.05, 4.69) is 37.8 Å². The molecule has 0 radical (unpaired) electrons. The average molecular weight is 598 g/mol. The number of hydrogen-bond acceptors (Lipinski definition) is 6. The Hall–Kier alpha value is -3.87. The van der Waals surface area contributed by atoms with Crippen LogP contribution in [0.4, 0.5) is 0 Å². The summed E-state index contributed by atoms with van der Waals surface area (Å²) in [5, 5.41) is 16.4. The minimum atomic E-state index is -0.829. The number of methoxy groups -OCH3 is 1. The van der Waals surface area contributed by atoms with Gasteiger partial charge in [0, 0.05) is 5.56 Å². The second-order valence-corrected chi connectivity index (χ2v) is 9.76. The molecule has 2 N–H and O–H groups in total. The Morgan fingerprint density at radius 2 is 1.87 bits per heavy atom. The molecule has 0 aliphatic heterocycles. The SMILES string of the molecule is COc1cc(/C=N/NC(=O)C(NC(=O)c2ccccc2Cl)C(C)C)cc(Br)c1OCc1ccccc1C#N. The van der Waals surface area contributed by atoms with Gasteiger partial charge in [0.15, 0.2) is 11.5 Å². The number of carbonyl (C=O) groups is 2. The van der Waals surface area contributed by atoms with Gasteiger partial charge in [-0.3, -0.25) is 9.59 Å². The van der Waals surface area contributed by atoms with Crippen LogP contribution in [0.25, 0.3) is 0 Å². The molecule has 0 heterocycles. The summed E-state index contributed by atoms with van der Waals surface area (Å²) < 4.78 is 12.0. The zero-order chi connectivity index (χ0) is 27.7. The van der Waals surface area contributed by atoms with Crippen molar-refractivity contribution in [1.82, 2.24) is 10.7 Å². The van der Waals surface area contributed by atoms with Crippen molar-refractivity contribution in [1.29, 1.82) is 5.26 Å². The van der Waals surface area contributed by atoms with Crippen LogP contribution < -0.4 is 20.2 Å². The molecule has 1 atom stereocenters. The Labute approximate surface area is 234 Å². The molecule has 0 spiro atoms. The van der Waals surface area contributed by atoms with Crippen molar-refractivity contribution in [2.24, 2.45) is 11.0 Å². The van der Waals surface area contributed by atoms with Crippen LogP contribution in [0.3, 0.4) is 0 Å². The van der Waals surface area contributed by atoms with Gasteiger partial charge in [-0.1, -0.05) is 55.8 Å². The molecule has 10 heteroatoms. The Bertz CT molecular complexity index is 1390. The fraction of sp³-hybridized carbons (Fsp3) is 0.214. The molecule has 0 aliphatic rings. The van der Waals surface area contributed by atoms with Crippen molar-refractivity contribution in [3.05, 3.63) is 92.4 Å². The molecule has 0 saturated heterocycles. The lowest BCUT2D eigenvalue weighted by atomic mass is 10.0. The number of nitrogens with one attached hydrogen (secondary N) is 2. The van der Waals surface area contributed by atoms with Gasteiger partial charge in [-0.25, -0.2) is 5.43 Å². The normalized spacial score (nSPS) is 11.6. The molecule has 0 aliphatic carbocycles. The van der Waals surface area contributed by atoms with E-state index in [-0.39, 0.29) is 18.1 Å². The van der Waals surface area contributed by atoms with Crippen LogP contribution in [0.1, 0.15) is 40.9 Å². The van der Waals surface area contributed by atoms with Crippen LogP contribution in [0.15, 0.2) is 70.2 Å². The van der Waals surface area contributed by atoms with E-state index < -0.39 is 17.9 Å². The third-order valence-corrected chi connectivity index (χ3v) is 6.42. The van der Waals surface area contributed by atoms with Crippen molar-refractivity contribution >= 4 is 45.6 Å². The monoisotopic (exact) mass is 596 g/mol. The summed E-state index contributed by atoms with van der Waals surface area (Å²) in [5.41, 5.74) is 4.67. The number of carbonyl (C=O) groups excluding carboxylic acids is 2. The largest absolute Gasteiger partial charge is 0.493 e. The van der Waals surface area contributed by atoms with Gasteiger partial charge in [0.1, 0.15) is 12.6 Å². The van der Waals surface area contributed by atoms with Gasteiger partial charge in [0.2, 0.25) is 0 Å². The molecule has 0 saturated carbocycles. The maximum Gasteiger partial charge on any atom is 0.262 e. The molecule has 3 aromatic rings. The first-order valence-electron chi connectivity index (χ1n) is 11.6. The zero-order valence-electron chi connectivity index (χ0n) is 21.0. The van der Waals surface area contributed by atoms with Gasteiger partial charge < -0.3 is 14.8 Å². The van der Waals surface area contributed by atoms with Crippen LogP contribution in [0, 0.1) is 17.2 Å². The van der Waals surface area contributed by atoms with Crippen molar-refractivity contribution in [2.75, 3.05) is 7.11 Å². The topological polar surface area (TPSA) is 113 Å². The fourth-order valence-corrected chi connectivity index (χ4v) is 4.29. The number of benzene rings is 3. The van der Waals surface area contributed by atoms with Crippen molar-refractivity contribution < 1.29 is 19.1 Å². The smallest absolute Gasteiger partial charge is 0.262 e. The summed E-state index contributed by atoms with van der Waals surface area (Å²) in [6, 6.07) is 18.6. The number of hydrogen-bond donors (Lipinski definition) is 2. The molecule has 0 fully saturated rings. The van der Waals surface area contributed by atoms with Gasteiger partial charge in [0.05, 0.1) is 40.0 Å². The van der Waals surface area contributed by atoms with Gasteiger partial charge in [-0.15, -0.1) is 0 Å². The van der Waals surface area contributed by atoms with Crippen molar-refractivity contribution in [3.8, 4) is 17.6 Å². The standard InChI is InChI=1S/C28H26BrClN4O4/c1-17(2)25(33-27(35)21-10-6-7-11-23(21)30)28(36)34-32-15-18-12-22(29)26(24(13-18)37-3)38-16-20-9-5-4-8-19(20)14-31/h4-13,15,17,25H,16H2,1-3H3,(H,33,35)(H,34,36)/b32-15+. The summed E-state index contributed by atoms with van der Waals surface area (Å²) in [6.45, 7) is 3.81. The van der Waals surface area contributed by atoms with Gasteiger partial charge in [-0.2, -0.15) is 10.4 Å². The molecular weight excluding hydrogens is 572 g/mol. The highest BCUT2D eigenvalue weighted by Gasteiger charge is 2.25. The van der Waals surface area contributed by atoms with Crippen LogP contribution in [0.5, 0.6) is 11.5 Å². The zero-order valence-corrected chi connectivity index (χ0v) is 23.3. The van der Waals surface area contributed by atoms with E-state index in [4.69, 9.17) is 21.1 Å². The molecule has 3 aromatic carbocycles. The molecule has 0 bridgehead atoms. The number of amides is 2. The molecule has 38 heavy (non-hydrogen) atoms. The molecule has 1 unspecified atom stereocenters. The van der Waals surface area contributed by atoms with Gasteiger partial charge >= 0.3 is 0 Å². The Morgan fingerprint density at radius 3 is 2.55 bits per heavy atom. The lowest BCUT2D eigenvalue weighted by Gasteiger charge is -2.20. The van der Waals surface area contributed by atoms with Crippen molar-refractivity contribution in [3.63, 3.8) is 0 Å². The first kappa shape index (κ1) is 28.7. The van der Waals surface area contributed by atoms with Gasteiger partial charge in [-0.05, 0) is 57.7 Å². The van der Waals surface area contributed by atoms with Crippen LogP contribution in [-0.4, -0.2) is 31.2 Å². The van der Waals surface area contributed by atoms with Crippen molar-refractivity contribution in [2.45, 2.75) is 26.5 Å². The third-order valence-electron chi connectivity index (χ3n) is 5.50. The van der Waals surface area contributed by atoms with Crippen LogP contribution in [-0.2, 0) is 11.4 Å². The Kier molecular flexibility index (Phi) is 10.3. The summed E-state index contributed by atoms with van der Waals surface area (Å²) in [5.74, 6) is -0.223. The van der Waals surface area contributed by atoms with E-state index in [1.54, 1.807) is 48.5 Å². The third kappa shape index (κ3) is 7.34. The molecule has 8 nitrogen and oxygen atoms in total. The quantitative estimate of drug-likeness (QED) is 0.238. The van der Waals surface area contributed by atoms with E-state index in [0.717, 1.165) is 5.56 Å². The number of halogens is 2. The highest BCUT2D eigenvalue weighted by atomic mass is 79.9. The highest BCUT2D eigenvalue weighted by Crippen LogP contribution is 2.37. The second kappa shape index (κ2) is 13.6. The predicted molar refractivity (Wildman–Crippen MR) is 149 cm³/mol. The lowest BCUT2D eigenvalue weighted by molar-refractivity contribution is -0.123. The maximum absolute atomic E-state index is 12.8. The number of nitriles is 1. The van der Waals surface area contributed by atoms with Crippen LogP contribution >= 0.6 is 27.5 Å². The molecule has 0 aromatic heterocycles. The molecule has 2 amide bonds. The minimum absolute atomic E-state index is 0.179. The second-order valence-electron chi connectivity index (χ2n) is 8.50. The lowest BCUT2D eigenvalue weighted by Crippen LogP contribution is -2.48. The Morgan fingerprint density at radius 1 is 1.16 bits per heavy atom. The molecule has 3 rings (SSSR count). The first-order valence-corrected chi connectivity index (χ1v) is 12.8.